The number of nitrogens with one attached hydrogen (secondary N) is 4. The molecule has 5 atom stereocenters. The highest BCUT2D eigenvalue weighted by Gasteiger charge is 2.62. The molecule has 57 heavy (non-hydrogen) atoms. The van der Waals surface area contributed by atoms with E-state index in [2.05, 4.69) is 31.4 Å². The number of nitriles is 1. The van der Waals surface area contributed by atoms with Crippen LogP contribution in [0.2, 0.25) is 19.6 Å². The van der Waals surface area contributed by atoms with E-state index in [9.17, 15) is 29.2 Å². The zero-order chi connectivity index (χ0) is 42.8. The van der Waals surface area contributed by atoms with Gasteiger partial charge in [0.05, 0.1) is 17.8 Å². The number of amidine groups is 1. The monoisotopic (exact) mass is 812 g/mol. The molecule has 0 radical (unpaired) electrons. The fourth-order valence-electron chi connectivity index (χ4n) is 5.49. The Balaban J connectivity index is 2.09. The van der Waals surface area contributed by atoms with E-state index >= 15 is 0 Å². The summed E-state index contributed by atoms with van der Waals surface area (Å²) in [5.74, 6) is -2.41. The van der Waals surface area contributed by atoms with Gasteiger partial charge in [-0.2, -0.15) is 5.26 Å². The second kappa shape index (κ2) is 19.0. The number of H-pyrrole nitrogens is 1. The lowest BCUT2D eigenvalue weighted by molar-refractivity contribution is -0.164. The first kappa shape index (κ1) is 45.8. The molecule has 0 bridgehead atoms. The predicted octanol–water partition coefficient (Wildman–Crippen LogP) is 4.59. The topological polar surface area (TPSA) is 250 Å². The van der Waals surface area contributed by atoms with Crippen molar-refractivity contribution < 1.29 is 56.8 Å². The van der Waals surface area contributed by atoms with E-state index < -0.39 is 92.8 Å². The molecule has 2 aromatic rings. The van der Waals surface area contributed by atoms with E-state index in [1.807, 2.05) is 25.7 Å². The number of aromatic amines is 1. The number of benzene rings is 1. The summed E-state index contributed by atoms with van der Waals surface area (Å²) in [6.45, 7) is 15.7. The first-order valence-corrected chi connectivity index (χ1v) is 21.4. The highest BCUT2D eigenvalue weighted by Crippen LogP contribution is 2.44. The Bertz CT molecular complexity index is 1840. The van der Waals surface area contributed by atoms with Crippen LogP contribution in [-0.2, 0) is 59.3 Å². The van der Waals surface area contributed by atoms with Crippen LogP contribution in [0.5, 0.6) is 0 Å². The van der Waals surface area contributed by atoms with Crippen LogP contribution >= 0.6 is 0 Å². The number of carbonyl (C=O) groups excluding carboxylic acids is 5. The Morgan fingerprint density at radius 2 is 1.68 bits per heavy atom. The maximum Gasteiger partial charge on any atom is 0.415 e. The van der Waals surface area contributed by atoms with Crippen molar-refractivity contribution in [3.63, 3.8) is 0 Å². The van der Waals surface area contributed by atoms with Crippen LogP contribution in [0.1, 0.15) is 65.4 Å². The Morgan fingerprint density at radius 1 is 1.02 bits per heavy atom. The number of hydrogen-bond donors (Lipinski definition) is 4. The second-order valence-electron chi connectivity index (χ2n) is 16.0. The third-order valence-electron chi connectivity index (χ3n) is 7.87. The van der Waals surface area contributed by atoms with Crippen LogP contribution in [0.25, 0.3) is 0 Å². The van der Waals surface area contributed by atoms with E-state index in [1.54, 1.807) is 65.8 Å². The molecule has 2 heterocycles. The third kappa shape index (κ3) is 13.5. The SMILES string of the molecule is CC(=O)OCOC(=O)N/C(=N/C=N)c1ccc([C@]2(C#N)O[C@H](COC(=O)Cc3ccccc3)[C@@H](OC(=O)[C@@H](NC(=O)OC(C)(C)C)C(C)(C)C)C2O[Si](C)(C)C)[nH]1. The Hall–Kier alpha value is -5.58. The summed E-state index contributed by atoms with van der Waals surface area (Å²) in [6, 6.07) is 12.7. The molecule has 3 rings (SSSR count). The van der Waals surface area contributed by atoms with Crippen molar-refractivity contribution in [1.29, 1.82) is 10.7 Å². The first-order valence-electron chi connectivity index (χ1n) is 18.0. The summed E-state index contributed by atoms with van der Waals surface area (Å²) in [6.07, 6.45) is -5.39. The standard InChI is InChI=1S/C38H52N6O12Si/c1-23(45)51-22-52-34(48)44-32(41-21-40)25-16-17-27(42-25)38(20-39)31(56-57(8,9)10)29(26(54-38)19-50-28(46)18-24-14-12-11-13-15-24)53-33(47)30(36(2,3)4)43-35(49)55-37(5,6)7/h11-17,21,26,29-31,42H,18-19,22H2,1-10H3,(H,43,49)(H2,40,41,44,48)/t26-,29-,30-,31?,38+/m1/s1. The van der Waals surface area contributed by atoms with Crippen molar-refractivity contribution in [2.24, 2.45) is 10.4 Å². The van der Waals surface area contributed by atoms with Crippen LogP contribution in [0.3, 0.4) is 0 Å². The summed E-state index contributed by atoms with van der Waals surface area (Å²) in [4.78, 5) is 70.6. The number of amides is 2. The van der Waals surface area contributed by atoms with Gasteiger partial charge in [0, 0.05) is 6.92 Å². The normalized spacial score (nSPS) is 20.3. The molecule has 2 amide bonds. The molecule has 1 aliphatic rings. The van der Waals surface area contributed by atoms with Crippen LogP contribution in [0.4, 0.5) is 9.59 Å². The average Bonchev–Trinajstić information content (AvgIpc) is 3.68. The predicted molar refractivity (Wildman–Crippen MR) is 206 cm³/mol. The number of nitrogens with zero attached hydrogens (tertiary/aromatic N) is 2. The van der Waals surface area contributed by atoms with Gasteiger partial charge in [-0.05, 0) is 63.5 Å². The van der Waals surface area contributed by atoms with Gasteiger partial charge in [0.2, 0.25) is 12.4 Å². The second-order valence-corrected chi connectivity index (χ2v) is 20.5. The molecule has 310 valence electrons. The van der Waals surface area contributed by atoms with Crippen molar-refractivity contribution in [1.82, 2.24) is 15.6 Å². The summed E-state index contributed by atoms with van der Waals surface area (Å²) >= 11 is 0. The first-order chi connectivity index (χ1) is 26.5. The highest BCUT2D eigenvalue weighted by molar-refractivity contribution is 6.69. The number of aromatic nitrogens is 1. The molecule has 1 fully saturated rings. The summed E-state index contributed by atoms with van der Waals surface area (Å²) in [5, 5.41) is 23.5. The van der Waals surface area contributed by atoms with Crippen molar-refractivity contribution in [3.05, 3.63) is 59.4 Å². The average molecular weight is 813 g/mol. The van der Waals surface area contributed by atoms with Gasteiger partial charge in [-0.3, -0.25) is 20.3 Å². The molecule has 1 aromatic carbocycles. The maximum absolute atomic E-state index is 14.2. The minimum atomic E-state index is -2.66. The van der Waals surface area contributed by atoms with Gasteiger partial charge in [0.1, 0.15) is 42.9 Å². The van der Waals surface area contributed by atoms with Gasteiger partial charge >= 0.3 is 30.1 Å². The van der Waals surface area contributed by atoms with Crippen molar-refractivity contribution in [2.45, 2.75) is 110 Å². The number of aliphatic imine (C=N–C) groups is 1. The van der Waals surface area contributed by atoms with E-state index in [0.717, 1.165) is 6.92 Å². The third-order valence-corrected chi connectivity index (χ3v) is 8.83. The Morgan fingerprint density at radius 3 is 2.25 bits per heavy atom. The Kier molecular flexibility index (Phi) is 15.3. The van der Waals surface area contributed by atoms with Crippen molar-refractivity contribution in [2.75, 3.05) is 13.4 Å². The number of esters is 3. The van der Waals surface area contributed by atoms with Crippen LogP contribution in [0.15, 0.2) is 47.5 Å². The van der Waals surface area contributed by atoms with E-state index in [1.165, 1.54) is 12.1 Å². The molecule has 0 saturated carbocycles. The lowest BCUT2D eigenvalue weighted by Crippen LogP contribution is -2.54. The zero-order valence-electron chi connectivity index (χ0n) is 33.8. The van der Waals surface area contributed by atoms with Gasteiger partial charge in [-0.25, -0.2) is 19.4 Å². The number of alkyl carbamates (subject to hydrolysis) is 2. The van der Waals surface area contributed by atoms with Gasteiger partial charge in [0.25, 0.3) is 0 Å². The van der Waals surface area contributed by atoms with Crippen molar-refractivity contribution >= 4 is 50.6 Å². The van der Waals surface area contributed by atoms with Gasteiger partial charge in [-0.1, -0.05) is 51.1 Å². The van der Waals surface area contributed by atoms with Gasteiger partial charge < -0.3 is 43.1 Å². The molecule has 1 aliphatic heterocycles. The van der Waals surface area contributed by atoms with Crippen LogP contribution < -0.4 is 10.6 Å². The van der Waals surface area contributed by atoms with Gasteiger partial charge in [0.15, 0.2) is 20.3 Å². The van der Waals surface area contributed by atoms with Crippen LogP contribution in [-0.4, -0.2) is 98.9 Å². The fourth-order valence-corrected chi connectivity index (χ4v) is 6.55. The summed E-state index contributed by atoms with van der Waals surface area (Å²) in [7, 11) is -2.66. The molecule has 0 spiro atoms. The lowest BCUT2D eigenvalue weighted by Gasteiger charge is -2.35. The Labute approximate surface area is 332 Å². The molecule has 1 aromatic heterocycles. The van der Waals surface area contributed by atoms with Crippen LogP contribution in [0, 0.1) is 22.2 Å². The fraction of sp³-hybridized carbons (Fsp3) is 0.526. The number of ether oxygens (including phenoxy) is 6. The summed E-state index contributed by atoms with van der Waals surface area (Å²) < 4.78 is 39.8. The smallest absolute Gasteiger partial charge is 0.415 e. The largest absolute Gasteiger partial charge is 0.463 e. The lowest BCUT2D eigenvalue weighted by atomic mass is 9.86. The molecule has 4 N–H and O–H groups in total. The van der Waals surface area contributed by atoms with E-state index in [4.69, 9.17) is 33.5 Å². The highest BCUT2D eigenvalue weighted by atomic mass is 28.4. The summed E-state index contributed by atoms with van der Waals surface area (Å²) in [5.41, 5.74) is -3.00. The number of carbonyl (C=O) groups is 5. The minimum absolute atomic E-state index is 0.0643. The maximum atomic E-state index is 14.2. The zero-order valence-corrected chi connectivity index (χ0v) is 34.8. The number of rotatable bonds is 14. The minimum Gasteiger partial charge on any atom is -0.463 e. The van der Waals surface area contributed by atoms with Gasteiger partial charge in [-0.15, -0.1) is 0 Å². The molecule has 18 nitrogen and oxygen atoms in total. The molecular weight excluding hydrogens is 761 g/mol. The molecular formula is C38H52N6O12Si. The number of hydrogen-bond acceptors (Lipinski definition) is 14. The van der Waals surface area contributed by atoms with E-state index in [0.29, 0.717) is 11.9 Å². The molecule has 19 heteroatoms. The van der Waals surface area contributed by atoms with E-state index in [-0.39, 0.29) is 23.6 Å². The quantitative estimate of drug-likeness (QED) is 0.0510. The molecule has 1 unspecified atom stereocenters. The molecule has 1 saturated heterocycles. The molecule has 0 aliphatic carbocycles. The van der Waals surface area contributed by atoms with Crippen molar-refractivity contribution in [3.8, 4) is 6.07 Å².